The molecule has 1 heterocycles. The SMILES string of the molecule is CCCCNC(=O)CC1CCN(S(=O)(=O)c2ccc(NC(C)=O)cc2)CC1. The highest BCUT2D eigenvalue weighted by molar-refractivity contribution is 7.89. The minimum atomic E-state index is -3.56. The Labute approximate surface area is 161 Å². The molecule has 2 amide bonds. The molecular weight excluding hydrogens is 366 g/mol. The van der Waals surface area contributed by atoms with Gasteiger partial charge in [-0.25, -0.2) is 8.42 Å². The number of piperidine rings is 1. The normalized spacial score (nSPS) is 16.1. The summed E-state index contributed by atoms with van der Waals surface area (Å²) in [6.45, 7) is 5.02. The molecule has 27 heavy (non-hydrogen) atoms. The molecule has 2 rings (SSSR count). The van der Waals surface area contributed by atoms with Gasteiger partial charge < -0.3 is 10.6 Å². The molecule has 0 radical (unpaired) electrons. The van der Waals surface area contributed by atoms with Crippen LogP contribution in [0.1, 0.15) is 46.0 Å². The van der Waals surface area contributed by atoms with E-state index in [2.05, 4.69) is 17.6 Å². The molecule has 2 N–H and O–H groups in total. The van der Waals surface area contributed by atoms with Gasteiger partial charge in [-0.2, -0.15) is 4.31 Å². The van der Waals surface area contributed by atoms with Gasteiger partial charge in [-0.1, -0.05) is 13.3 Å². The van der Waals surface area contributed by atoms with E-state index in [9.17, 15) is 18.0 Å². The highest BCUT2D eigenvalue weighted by Crippen LogP contribution is 2.26. The zero-order chi connectivity index (χ0) is 19.9. The molecule has 0 atom stereocenters. The Morgan fingerprint density at radius 2 is 1.78 bits per heavy atom. The van der Waals surface area contributed by atoms with Crippen molar-refractivity contribution in [1.82, 2.24) is 9.62 Å². The fraction of sp³-hybridized carbons (Fsp3) is 0.579. The van der Waals surface area contributed by atoms with Crippen LogP contribution in [-0.4, -0.2) is 44.2 Å². The maximum Gasteiger partial charge on any atom is 0.243 e. The van der Waals surface area contributed by atoms with Crippen molar-refractivity contribution in [3.05, 3.63) is 24.3 Å². The fourth-order valence-corrected chi connectivity index (χ4v) is 4.62. The first-order valence-electron chi connectivity index (χ1n) is 9.47. The van der Waals surface area contributed by atoms with Crippen LogP contribution < -0.4 is 10.6 Å². The number of nitrogens with zero attached hydrogens (tertiary/aromatic N) is 1. The van der Waals surface area contributed by atoms with Crippen LogP contribution in [0.4, 0.5) is 5.69 Å². The molecule has 150 valence electrons. The number of amides is 2. The summed E-state index contributed by atoms with van der Waals surface area (Å²) in [5, 5.41) is 5.54. The molecule has 0 spiro atoms. The van der Waals surface area contributed by atoms with Crippen molar-refractivity contribution in [2.75, 3.05) is 25.0 Å². The third-order valence-corrected chi connectivity index (χ3v) is 6.63. The van der Waals surface area contributed by atoms with Crippen molar-refractivity contribution >= 4 is 27.5 Å². The molecule has 0 unspecified atom stereocenters. The van der Waals surface area contributed by atoms with E-state index in [-0.39, 0.29) is 22.6 Å². The fourth-order valence-electron chi connectivity index (χ4n) is 3.16. The molecule has 0 aliphatic carbocycles. The largest absolute Gasteiger partial charge is 0.356 e. The summed E-state index contributed by atoms with van der Waals surface area (Å²) in [6.07, 6.45) is 3.85. The summed E-state index contributed by atoms with van der Waals surface area (Å²) in [6, 6.07) is 6.19. The third kappa shape index (κ3) is 6.32. The van der Waals surface area contributed by atoms with E-state index in [0.717, 1.165) is 12.8 Å². The summed E-state index contributed by atoms with van der Waals surface area (Å²) >= 11 is 0. The summed E-state index contributed by atoms with van der Waals surface area (Å²) in [5.74, 6) is 0.0740. The Hall–Kier alpha value is -1.93. The van der Waals surface area contributed by atoms with Gasteiger partial charge >= 0.3 is 0 Å². The van der Waals surface area contributed by atoms with Crippen molar-refractivity contribution in [1.29, 1.82) is 0 Å². The standard InChI is InChI=1S/C19H29N3O4S/c1-3-4-11-20-19(24)14-16-9-12-22(13-10-16)27(25,26)18-7-5-17(6-8-18)21-15(2)23/h5-8,16H,3-4,9-14H2,1-2H3,(H,20,24)(H,21,23). The van der Waals surface area contributed by atoms with Crippen molar-refractivity contribution in [2.24, 2.45) is 5.92 Å². The summed E-state index contributed by atoms with van der Waals surface area (Å²) < 4.78 is 27.0. The molecule has 1 saturated heterocycles. The number of nitrogens with one attached hydrogen (secondary N) is 2. The predicted molar refractivity (Wildman–Crippen MR) is 105 cm³/mol. The lowest BCUT2D eigenvalue weighted by molar-refractivity contribution is -0.122. The molecule has 0 saturated carbocycles. The smallest absolute Gasteiger partial charge is 0.243 e. The molecule has 1 aromatic rings. The number of unbranched alkanes of at least 4 members (excludes halogenated alkanes) is 1. The summed E-state index contributed by atoms with van der Waals surface area (Å²) in [7, 11) is -3.56. The topological polar surface area (TPSA) is 95.6 Å². The van der Waals surface area contributed by atoms with Gasteiger partial charge in [-0.05, 0) is 49.4 Å². The monoisotopic (exact) mass is 395 g/mol. The van der Waals surface area contributed by atoms with Crippen LogP contribution in [0.2, 0.25) is 0 Å². The van der Waals surface area contributed by atoms with Crippen molar-refractivity contribution in [3.63, 3.8) is 0 Å². The first-order valence-corrected chi connectivity index (χ1v) is 10.9. The van der Waals surface area contributed by atoms with E-state index in [0.29, 0.717) is 44.6 Å². The lowest BCUT2D eigenvalue weighted by atomic mass is 9.94. The second-order valence-electron chi connectivity index (χ2n) is 6.96. The van der Waals surface area contributed by atoms with Crippen LogP contribution in [0.5, 0.6) is 0 Å². The maximum absolute atomic E-state index is 12.8. The van der Waals surface area contributed by atoms with E-state index in [1.54, 1.807) is 12.1 Å². The van der Waals surface area contributed by atoms with E-state index in [1.165, 1.54) is 23.4 Å². The highest BCUT2D eigenvalue weighted by atomic mass is 32.2. The number of carbonyl (C=O) groups excluding carboxylic acids is 2. The molecule has 8 heteroatoms. The van der Waals surface area contributed by atoms with Crippen LogP contribution in [0, 0.1) is 5.92 Å². The van der Waals surface area contributed by atoms with Gasteiger partial charge in [0.25, 0.3) is 0 Å². The van der Waals surface area contributed by atoms with Crippen molar-refractivity contribution in [3.8, 4) is 0 Å². The van der Waals surface area contributed by atoms with Gasteiger partial charge in [-0.15, -0.1) is 0 Å². The van der Waals surface area contributed by atoms with Crippen LogP contribution >= 0.6 is 0 Å². The van der Waals surface area contributed by atoms with Gasteiger partial charge in [-0.3, -0.25) is 9.59 Å². The zero-order valence-corrected chi connectivity index (χ0v) is 16.8. The van der Waals surface area contributed by atoms with Gasteiger partial charge in [0.05, 0.1) is 4.90 Å². The molecule has 0 aromatic heterocycles. The first kappa shape index (κ1) is 21.4. The molecule has 1 aliphatic rings. The predicted octanol–water partition coefficient (Wildman–Crippen LogP) is 2.35. The van der Waals surface area contributed by atoms with E-state index >= 15 is 0 Å². The third-order valence-electron chi connectivity index (χ3n) is 4.71. The van der Waals surface area contributed by atoms with Crippen LogP contribution in [0.15, 0.2) is 29.2 Å². The average Bonchev–Trinajstić information content (AvgIpc) is 2.62. The average molecular weight is 396 g/mol. The Balaban J connectivity index is 1.88. The van der Waals surface area contributed by atoms with E-state index in [1.807, 2.05) is 0 Å². The number of benzene rings is 1. The van der Waals surface area contributed by atoms with Gasteiger partial charge in [0.15, 0.2) is 0 Å². The highest BCUT2D eigenvalue weighted by Gasteiger charge is 2.30. The Bertz CT molecular complexity index is 739. The lowest BCUT2D eigenvalue weighted by Crippen LogP contribution is -2.39. The minimum absolute atomic E-state index is 0.0540. The van der Waals surface area contributed by atoms with E-state index in [4.69, 9.17) is 0 Å². The number of anilines is 1. The van der Waals surface area contributed by atoms with Crippen LogP contribution in [-0.2, 0) is 19.6 Å². The Morgan fingerprint density at radius 1 is 1.15 bits per heavy atom. The van der Waals surface area contributed by atoms with Crippen molar-refractivity contribution in [2.45, 2.75) is 50.8 Å². The summed E-state index contributed by atoms with van der Waals surface area (Å²) in [5.41, 5.74) is 0.564. The number of carbonyl (C=O) groups is 2. The molecule has 0 bridgehead atoms. The van der Waals surface area contributed by atoms with Crippen LogP contribution in [0.25, 0.3) is 0 Å². The van der Waals surface area contributed by atoms with Gasteiger partial charge in [0.2, 0.25) is 21.8 Å². The van der Waals surface area contributed by atoms with E-state index < -0.39 is 10.0 Å². The molecule has 1 aliphatic heterocycles. The minimum Gasteiger partial charge on any atom is -0.356 e. The molecule has 1 fully saturated rings. The molecule has 7 nitrogen and oxygen atoms in total. The number of rotatable bonds is 8. The summed E-state index contributed by atoms with van der Waals surface area (Å²) in [4.78, 5) is 23.2. The quantitative estimate of drug-likeness (QED) is 0.661. The zero-order valence-electron chi connectivity index (χ0n) is 16.0. The number of hydrogen-bond donors (Lipinski definition) is 2. The number of hydrogen-bond acceptors (Lipinski definition) is 4. The second kappa shape index (κ2) is 9.85. The second-order valence-corrected chi connectivity index (χ2v) is 8.90. The maximum atomic E-state index is 12.8. The Morgan fingerprint density at radius 3 is 2.33 bits per heavy atom. The van der Waals surface area contributed by atoms with Crippen molar-refractivity contribution < 1.29 is 18.0 Å². The molecular formula is C19H29N3O4S. The number of sulfonamides is 1. The Kier molecular flexibility index (Phi) is 7.79. The van der Waals surface area contributed by atoms with Crippen LogP contribution in [0.3, 0.4) is 0 Å². The van der Waals surface area contributed by atoms with Gasteiger partial charge in [0.1, 0.15) is 0 Å². The molecule has 1 aromatic carbocycles. The van der Waals surface area contributed by atoms with Gasteiger partial charge in [0, 0.05) is 38.7 Å². The first-order chi connectivity index (χ1) is 12.8. The lowest BCUT2D eigenvalue weighted by Gasteiger charge is -2.31.